The Balaban J connectivity index is 4.72. The SMILES string of the molecule is CC[C@@H](C(=O)O)N(CC(=O)O)C(=O)CCCC(=O)O. The summed E-state index contributed by atoms with van der Waals surface area (Å²) < 4.78 is 0. The number of aliphatic carboxylic acids is 3. The Labute approximate surface area is 109 Å². The molecule has 0 spiro atoms. The summed E-state index contributed by atoms with van der Waals surface area (Å²) in [5.41, 5.74) is 0. The second-order valence-electron chi connectivity index (χ2n) is 3.92. The second-order valence-corrected chi connectivity index (χ2v) is 3.92. The largest absolute Gasteiger partial charge is 0.481 e. The van der Waals surface area contributed by atoms with E-state index < -0.39 is 36.4 Å². The highest BCUT2D eigenvalue weighted by molar-refractivity contribution is 5.87. The molecule has 0 aliphatic heterocycles. The lowest BCUT2D eigenvalue weighted by Gasteiger charge is -2.26. The fraction of sp³-hybridized carbons (Fsp3) is 0.636. The lowest BCUT2D eigenvalue weighted by molar-refractivity contribution is -0.154. The summed E-state index contributed by atoms with van der Waals surface area (Å²) in [6.07, 6.45) is -0.298. The minimum absolute atomic E-state index is 0.0420. The minimum Gasteiger partial charge on any atom is -0.481 e. The highest BCUT2D eigenvalue weighted by atomic mass is 16.4. The normalized spacial score (nSPS) is 11.6. The second kappa shape index (κ2) is 8.06. The number of rotatable bonds is 9. The number of nitrogens with zero attached hydrogens (tertiary/aromatic N) is 1. The van der Waals surface area contributed by atoms with Gasteiger partial charge in [0.2, 0.25) is 5.91 Å². The average Bonchev–Trinajstić information content (AvgIpc) is 2.26. The molecule has 0 aromatic heterocycles. The van der Waals surface area contributed by atoms with E-state index in [1.54, 1.807) is 0 Å². The predicted molar refractivity (Wildman–Crippen MR) is 62.6 cm³/mol. The highest BCUT2D eigenvalue weighted by Crippen LogP contribution is 2.09. The molecule has 1 amide bonds. The van der Waals surface area contributed by atoms with Crippen LogP contribution in [-0.4, -0.2) is 56.6 Å². The molecule has 0 fully saturated rings. The van der Waals surface area contributed by atoms with Gasteiger partial charge in [-0.05, 0) is 12.8 Å². The van der Waals surface area contributed by atoms with E-state index in [9.17, 15) is 19.2 Å². The van der Waals surface area contributed by atoms with E-state index in [4.69, 9.17) is 15.3 Å². The Morgan fingerprint density at radius 1 is 1.00 bits per heavy atom. The molecule has 0 radical (unpaired) electrons. The van der Waals surface area contributed by atoms with Crippen LogP contribution in [0.3, 0.4) is 0 Å². The summed E-state index contributed by atoms with van der Waals surface area (Å²) in [4.78, 5) is 44.5. The molecule has 0 aromatic carbocycles. The van der Waals surface area contributed by atoms with Gasteiger partial charge in [0.15, 0.2) is 0 Å². The highest BCUT2D eigenvalue weighted by Gasteiger charge is 2.29. The first-order chi connectivity index (χ1) is 8.79. The van der Waals surface area contributed by atoms with Gasteiger partial charge in [0.1, 0.15) is 12.6 Å². The van der Waals surface area contributed by atoms with Crippen molar-refractivity contribution in [2.45, 2.75) is 38.6 Å². The van der Waals surface area contributed by atoms with E-state index in [1.165, 1.54) is 6.92 Å². The quantitative estimate of drug-likeness (QED) is 0.540. The van der Waals surface area contributed by atoms with Crippen LogP contribution >= 0.6 is 0 Å². The lowest BCUT2D eigenvalue weighted by atomic mass is 10.1. The number of hydrogen-bond acceptors (Lipinski definition) is 4. The van der Waals surface area contributed by atoms with Gasteiger partial charge in [-0.3, -0.25) is 14.4 Å². The van der Waals surface area contributed by atoms with Gasteiger partial charge in [0.25, 0.3) is 0 Å². The van der Waals surface area contributed by atoms with Crippen LogP contribution in [0.1, 0.15) is 32.6 Å². The fourth-order valence-corrected chi connectivity index (χ4v) is 1.58. The van der Waals surface area contributed by atoms with Gasteiger partial charge in [0.05, 0.1) is 0 Å². The number of carboxylic acids is 3. The maximum atomic E-state index is 11.8. The molecule has 0 heterocycles. The predicted octanol–water partition coefficient (Wildman–Crippen LogP) is 0.0177. The van der Waals surface area contributed by atoms with Gasteiger partial charge in [-0.1, -0.05) is 6.92 Å². The number of carbonyl (C=O) groups is 4. The monoisotopic (exact) mass is 275 g/mol. The van der Waals surface area contributed by atoms with Crippen molar-refractivity contribution in [3.8, 4) is 0 Å². The van der Waals surface area contributed by atoms with Crippen LogP contribution in [0.2, 0.25) is 0 Å². The van der Waals surface area contributed by atoms with Crippen LogP contribution in [0.5, 0.6) is 0 Å². The van der Waals surface area contributed by atoms with Crippen LogP contribution in [0, 0.1) is 0 Å². The van der Waals surface area contributed by atoms with Gasteiger partial charge in [0, 0.05) is 12.8 Å². The molecule has 0 unspecified atom stereocenters. The topological polar surface area (TPSA) is 132 Å². The molecule has 0 aliphatic rings. The molecule has 108 valence electrons. The van der Waals surface area contributed by atoms with Crippen LogP contribution in [0.4, 0.5) is 0 Å². The van der Waals surface area contributed by atoms with Gasteiger partial charge in [-0.15, -0.1) is 0 Å². The first-order valence-corrected chi connectivity index (χ1v) is 5.75. The third kappa shape index (κ3) is 6.39. The van der Waals surface area contributed by atoms with Crippen molar-refractivity contribution in [3.05, 3.63) is 0 Å². The zero-order valence-electron chi connectivity index (χ0n) is 10.5. The lowest BCUT2D eigenvalue weighted by Crippen LogP contribution is -2.47. The molecular formula is C11H17NO7. The van der Waals surface area contributed by atoms with Crippen LogP contribution in [0.15, 0.2) is 0 Å². The molecule has 0 saturated carbocycles. The Morgan fingerprint density at radius 2 is 1.58 bits per heavy atom. The molecule has 0 bridgehead atoms. The molecule has 1 atom stereocenters. The van der Waals surface area contributed by atoms with E-state index >= 15 is 0 Å². The fourth-order valence-electron chi connectivity index (χ4n) is 1.58. The Morgan fingerprint density at radius 3 is 1.95 bits per heavy atom. The molecule has 3 N–H and O–H groups in total. The molecule has 0 aliphatic carbocycles. The van der Waals surface area contributed by atoms with Crippen molar-refractivity contribution in [2.24, 2.45) is 0 Å². The van der Waals surface area contributed by atoms with Crippen LogP contribution in [-0.2, 0) is 19.2 Å². The minimum atomic E-state index is -1.31. The van der Waals surface area contributed by atoms with E-state index in [2.05, 4.69) is 0 Å². The van der Waals surface area contributed by atoms with Crippen LogP contribution in [0.25, 0.3) is 0 Å². The van der Waals surface area contributed by atoms with Gasteiger partial charge < -0.3 is 20.2 Å². The third-order valence-electron chi connectivity index (χ3n) is 2.46. The van der Waals surface area contributed by atoms with Crippen LogP contribution < -0.4 is 0 Å². The Kier molecular flexibility index (Phi) is 7.16. The Bertz CT molecular complexity index is 366. The van der Waals surface area contributed by atoms with E-state index in [1.807, 2.05) is 0 Å². The molecule has 0 rings (SSSR count). The maximum absolute atomic E-state index is 11.8. The standard InChI is InChI=1S/C11H17NO7/c1-2-7(11(18)19)12(6-10(16)17)8(13)4-3-5-9(14)15/h7H,2-6H2,1H3,(H,14,15)(H,16,17)(H,18,19)/t7-/m0/s1. The summed E-state index contributed by atoms with van der Waals surface area (Å²) in [5, 5.41) is 26.1. The molecular weight excluding hydrogens is 258 g/mol. The smallest absolute Gasteiger partial charge is 0.326 e. The van der Waals surface area contributed by atoms with Gasteiger partial charge in [-0.2, -0.15) is 0 Å². The zero-order chi connectivity index (χ0) is 15.0. The number of hydrogen-bond donors (Lipinski definition) is 3. The van der Waals surface area contributed by atoms with E-state index in [0.717, 1.165) is 4.90 Å². The molecule has 8 heteroatoms. The first-order valence-electron chi connectivity index (χ1n) is 5.75. The summed E-state index contributed by atoms with van der Waals surface area (Å²) >= 11 is 0. The number of amides is 1. The molecule has 0 saturated heterocycles. The number of carbonyl (C=O) groups excluding carboxylic acids is 1. The van der Waals surface area contributed by atoms with Crippen molar-refractivity contribution in [2.75, 3.05) is 6.54 Å². The maximum Gasteiger partial charge on any atom is 0.326 e. The zero-order valence-corrected chi connectivity index (χ0v) is 10.5. The first kappa shape index (κ1) is 16.9. The summed E-state index contributed by atoms with van der Waals surface area (Å²) in [6, 6.07) is -1.21. The Hall–Kier alpha value is -2.12. The van der Waals surface area contributed by atoms with Gasteiger partial charge >= 0.3 is 17.9 Å². The number of carboxylic acid groups (broad SMARTS) is 3. The van der Waals surface area contributed by atoms with Crippen molar-refractivity contribution < 1.29 is 34.5 Å². The molecule has 0 aromatic rings. The average molecular weight is 275 g/mol. The molecule has 19 heavy (non-hydrogen) atoms. The van der Waals surface area contributed by atoms with E-state index in [-0.39, 0.29) is 25.7 Å². The van der Waals surface area contributed by atoms with E-state index in [0.29, 0.717) is 0 Å². The summed E-state index contributed by atoms with van der Waals surface area (Å²) in [7, 11) is 0. The van der Waals surface area contributed by atoms with Crippen molar-refractivity contribution in [1.29, 1.82) is 0 Å². The van der Waals surface area contributed by atoms with Crippen molar-refractivity contribution in [3.63, 3.8) is 0 Å². The third-order valence-corrected chi connectivity index (χ3v) is 2.46. The van der Waals surface area contributed by atoms with Crippen molar-refractivity contribution in [1.82, 2.24) is 4.90 Å². The summed E-state index contributed by atoms with van der Waals surface area (Å²) in [6.45, 7) is 0.814. The summed E-state index contributed by atoms with van der Waals surface area (Å²) in [5.74, 6) is -4.33. The molecule has 8 nitrogen and oxygen atoms in total. The van der Waals surface area contributed by atoms with Gasteiger partial charge in [-0.25, -0.2) is 4.79 Å². The van der Waals surface area contributed by atoms with Crippen molar-refractivity contribution >= 4 is 23.8 Å².